The van der Waals surface area contributed by atoms with Gasteiger partial charge in [0, 0.05) is 51.9 Å². The number of aromatic nitrogens is 4. The fourth-order valence-electron chi connectivity index (χ4n) is 4.05. The summed E-state index contributed by atoms with van der Waals surface area (Å²) in [7, 11) is 3.44. The predicted octanol–water partition coefficient (Wildman–Crippen LogP) is 3.36. The summed E-state index contributed by atoms with van der Waals surface area (Å²) in [5.41, 5.74) is 2.24. The Labute approximate surface area is 195 Å². The van der Waals surface area contributed by atoms with Gasteiger partial charge in [0.15, 0.2) is 0 Å². The highest BCUT2D eigenvalue weighted by atomic mass is 16.2. The van der Waals surface area contributed by atoms with E-state index in [1.54, 1.807) is 26.4 Å². The van der Waals surface area contributed by atoms with E-state index in [-0.39, 0.29) is 5.91 Å². The molecule has 9 heteroatoms. The minimum absolute atomic E-state index is 0.101. The van der Waals surface area contributed by atoms with Crippen molar-refractivity contribution in [3.63, 3.8) is 0 Å². The lowest BCUT2D eigenvalue weighted by Crippen LogP contribution is -2.46. The summed E-state index contributed by atoms with van der Waals surface area (Å²) in [6, 6.07) is 5.80. The first-order valence-corrected chi connectivity index (χ1v) is 11.7. The van der Waals surface area contributed by atoms with Crippen molar-refractivity contribution in [2.45, 2.75) is 26.7 Å². The lowest BCUT2D eigenvalue weighted by molar-refractivity contribution is 0.0823. The topological polar surface area (TPSA) is 93.3 Å². The molecule has 4 rings (SSSR count). The smallest absolute Gasteiger partial charge is 0.269 e. The van der Waals surface area contributed by atoms with Crippen molar-refractivity contribution in [1.29, 1.82) is 0 Å². The molecule has 1 saturated heterocycles. The number of hydrogen-bond donors (Lipinski definition) is 2. The molecule has 3 aromatic heterocycles. The fraction of sp³-hybridized carbons (Fsp3) is 0.500. The summed E-state index contributed by atoms with van der Waals surface area (Å²) in [4.78, 5) is 35.1. The molecule has 0 radical (unpaired) electrons. The number of nitrogens with zero attached hydrogens (tertiary/aromatic N) is 6. The Hall–Kier alpha value is -3.20. The second kappa shape index (κ2) is 10.2. The zero-order chi connectivity index (χ0) is 23.4. The third-order valence-corrected chi connectivity index (χ3v) is 5.99. The van der Waals surface area contributed by atoms with E-state index in [9.17, 15) is 4.79 Å². The summed E-state index contributed by atoms with van der Waals surface area (Å²) in [5, 5.41) is 3.94. The Balaban J connectivity index is 1.33. The number of amides is 1. The molecule has 0 unspecified atom stereocenters. The summed E-state index contributed by atoms with van der Waals surface area (Å²) in [6.45, 7) is 10.0. The maximum absolute atomic E-state index is 12.2. The van der Waals surface area contributed by atoms with E-state index in [0.717, 1.165) is 43.2 Å². The van der Waals surface area contributed by atoms with Crippen molar-refractivity contribution in [2.75, 3.05) is 57.0 Å². The minimum atomic E-state index is -0.101. The van der Waals surface area contributed by atoms with E-state index in [4.69, 9.17) is 0 Å². The lowest BCUT2D eigenvalue weighted by Gasteiger charge is -2.36. The molecule has 0 saturated carbocycles. The fourth-order valence-corrected chi connectivity index (χ4v) is 4.05. The van der Waals surface area contributed by atoms with Gasteiger partial charge < -0.3 is 20.1 Å². The number of piperazine rings is 1. The zero-order valence-corrected chi connectivity index (χ0v) is 20.0. The van der Waals surface area contributed by atoms with Gasteiger partial charge in [0.25, 0.3) is 5.91 Å². The van der Waals surface area contributed by atoms with Gasteiger partial charge in [0.2, 0.25) is 5.95 Å². The van der Waals surface area contributed by atoms with Crippen LogP contribution in [-0.4, -0.2) is 82.5 Å². The first-order chi connectivity index (χ1) is 15.9. The SMILES string of the molecule is CC(C)CCCN1CCN(c2ccc(Nc3ncc4cc(C(=O)N(C)C)[nH]c4n3)nc2)CC1. The number of nitrogens with one attached hydrogen (secondary N) is 2. The van der Waals surface area contributed by atoms with Crippen LogP contribution in [0.2, 0.25) is 0 Å². The van der Waals surface area contributed by atoms with Crippen molar-refractivity contribution in [1.82, 2.24) is 29.7 Å². The number of anilines is 3. The van der Waals surface area contributed by atoms with E-state index in [2.05, 4.69) is 55.0 Å². The highest BCUT2D eigenvalue weighted by Gasteiger charge is 2.17. The molecule has 0 aromatic carbocycles. The summed E-state index contributed by atoms with van der Waals surface area (Å²) in [5.74, 6) is 1.80. The number of carbonyl (C=O) groups excluding carboxylic acids is 1. The lowest BCUT2D eigenvalue weighted by atomic mass is 10.1. The Morgan fingerprint density at radius 1 is 1.15 bits per heavy atom. The van der Waals surface area contributed by atoms with Gasteiger partial charge in [-0.1, -0.05) is 13.8 Å². The molecule has 1 aliphatic heterocycles. The highest BCUT2D eigenvalue weighted by molar-refractivity contribution is 5.97. The van der Waals surface area contributed by atoms with Crippen LogP contribution in [0.15, 0.2) is 30.6 Å². The van der Waals surface area contributed by atoms with Crippen LogP contribution in [0.1, 0.15) is 37.2 Å². The monoisotopic (exact) mass is 450 g/mol. The molecule has 1 fully saturated rings. The molecule has 0 aliphatic carbocycles. The number of H-pyrrole nitrogens is 1. The molecule has 3 aromatic rings. The van der Waals surface area contributed by atoms with Crippen molar-refractivity contribution in [3.05, 3.63) is 36.3 Å². The zero-order valence-electron chi connectivity index (χ0n) is 20.0. The number of hydrogen-bond acceptors (Lipinski definition) is 7. The van der Waals surface area contributed by atoms with E-state index in [1.807, 2.05) is 12.3 Å². The summed E-state index contributed by atoms with van der Waals surface area (Å²) >= 11 is 0. The van der Waals surface area contributed by atoms with E-state index < -0.39 is 0 Å². The molecule has 0 bridgehead atoms. The highest BCUT2D eigenvalue weighted by Crippen LogP contribution is 2.20. The van der Waals surface area contributed by atoms with Gasteiger partial charge in [0.1, 0.15) is 17.2 Å². The molecule has 2 N–H and O–H groups in total. The normalized spacial score (nSPS) is 14.8. The van der Waals surface area contributed by atoms with Gasteiger partial charge >= 0.3 is 0 Å². The van der Waals surface area contributed by atoms with Crippen molar-refractivity contribution >= 4 is 34.4 Å². The largest absolute Gasteiger partial charge is 0.368 e. The van der Waals surface area contributed by atoms with Crippen LogP contribution in [-0.2, 0) is 0 Å². The number of fused-ring (bicyclic) bond motifs is 1. The van der Waals surface area contributed by atoms with Gasteiger partial charge in [-0.05, 0) is 43.5 Å². The quantitative estimate of drug-likeness (QED) is 0.544. The average Bonchev–Trinajstić information content (AvgIpc) is 3.23. The number of pyridine rings is 1. The van der Waals surface area contributed by atoms with Crippen LogP contribution in [0.5, 0.6) is 0 Å². The molecule has 1 aliphatic rings. The first-order valence-electron chi connectivity index (χ1n) is 11.7. The van der Waals surface area contributed by atoms with Crippen LogP contribution in [0, 0.1) is 5.92 Å². The Morgan fingerprint density at radius 3 is 2.61 bits per heavy atom. The maximum atomic E-state index is 12.2. The van der Waals surface area contributed by atoms with E-state index >= 15 is 0 Å². The summed E-state index contributed by atoms with van der Waals surface area (Å²) in [6.07, 6.45) is 6.18. The van der Waals surface area contributed by atoms with Crippen LogP contribution in [0.25, 0.3) is 11.0 Å². The third-order valence-electron chi connectivity index (χ3n) is 5.99. The van der Waals surface area contributed by atoms with E-state index in [0.29, 0.717) is 23.1 Å². The molecule has 1 amide bonds. The van der Waals surface area contributed by atoms with Crippen LogP contribution < -0.4 is 10.2 Å². The molecule has 0 spiro atoms. The van der Waals surface area contributed by atoms with Crippen molar-refractivity contribution in [3.8, 4) is 0 Å². The molecular formula is C24H34N8O. The minimum Gasteiger partial charge on any atom is -0.368 e. The van der Waals surface area contributed by atoms with E-state index in [1.165, 1.54) is 24.3 Å². The van der Waals surface area contributed by atoms with Crippen LogP contribution >= 0.6 is 0 Å². The number of aromatic amines is 1. The standard InChI is InChI=1S/C24H34N8O/c1-17(2)6-5-9-31-10-12-32(13-11-31)19-7-8-21(25-16-19)28-24-26-15-18-14-20(23(33)30(3)4)27-22(18)29-24/h7-8,14-17H,5-6,9-13H2,1-4H3,(H2,25,26,27,28,29). The third kappa shape index (κ3) is 5.78. The average molecular weight is 451 g/mol. The number of rotatable bonds is 8. The van der Waals surface area contributed by atoms with Gasteiger partial charge in [0.05, 0.1) is 11.9 Å². The first kappa shape index (κ1) is 23.0. The van der Waals surface area contributed by atoms with Crippen molar-refractivity contribution < 1.29 is 4.79 Å². The molecule has 33 heavy (non-hydrogen) atoms. The second-order valence-electron chi connectivity index (χ2n) is 9.27. The Kier molecular flexibility index (Phi) is 7.08. The van der Waals surface area contributed by atoms with Crippen LogP contribution in [0.4, 0.5) is 17.5 Å². The van der Waals surface area contributed by atoms with Crippen molar-refractivity contribution in [2.24, 2.45) is 5.92 Å². The number of carbonyl (C=O) groups is 1. The van der Waals surface area contributed by atoms with Crippen LogP contribution in [0.3, 0.4) is 0 Å². The molecular weight excluding hydrogens is 416 g/mol. The van der Waals surface area contributed by atoms with Gasteiger partial charge in [-0.3, -0.25) is 9.69 Å². The predicted molar refractivity (Wildman–Crippen MR) is 132 cm³/mol. The Morgan fingerprint density at radius 2 is 1.94 bits per heavy atom. The molecule has 4 heterocycles. The van der Waals surface area contributed by atoms with Gasteiger partial charge in [-0.15, -0.1) is 0 Å². The van der Waals surface area contributed by atoms with Gasteiger partial charge in [-0.25, -0.2) is 9.97 Å². The maximum Gasteiger partial charge on any atom is 0.269 e. The Bertz CT molecular complexity index is 1070. The van der Waals surface area contributed by atoms with Gasteiger partial charge in [-0.2, -0.15) is 4.98 Å². The second-order valence-corrected chi connectivity index (χ2v) is 9.27. The molecule has 0 atom stereocenters. The summed E-state index contributed by atoms with van der Waals surface area (Å²) < 4.78 is 0. The molecule has 176 valence electrons. The molecule has 9 nitrogen and oxygen atoms in total.